The molecule has 0 radical (unpaired) electrons. The zero-order valence-electron chi connectivity index (χ0n) is 18.7. The minimum atomic E-state index is 0.0716. The van der Waals surface area contributed by atoms with Crippen LogP contribution >= 0.6 is 0 Å². The van der Waals surface area contributed by atoms with E-state index >= 15 is 0 Å². The summed E-state index contributed by atoms with van der Waals surface area (Å²) < 4.78 is 1.66. The Morgan fingerprint density at radius 1 is 1.13 bits per heavy atom. The molecule has 1 amide bonds. The van der Waals surface area contributed by atoms with Crippen LogP contribution in [0.4, 0.5) is 0 Å². The third kappa shape index (κ3) is 4.04. The molecular weight excluding hydrogens is 390 g/mol. The molecule has 1 N–H and O–H groups in total. The van der Waals surface area contributed by atoms with E-state index in [1.54, 1.807) is 4.52 Å². The summed E-state index contributed by atoms with van der Waals surface area (Å²) in [5, 5.41) is 3.37. The van der Waals surface area contributed by atoms with E-state index in [2.05, 4.69) is 16.1 Å². The van der Waals surface area contributed by atoms with Crippen LogP contribution in [0.3, 0.4) is 0 Å². The first-order valence-electron chi connectivity index (χ1n) is 12.3. The molecule has 2 aromatic heterocycles. The first kappa shape index (κ1) is 20.7. The SMILES string of the molecule is CCCC(=O)N1CCC(c2cc3nc4c(c(=O)n3[nH]2)CN(C2CCCCC2)CC4)CC1. The van der Waals surface area contributed by atoms with Crippen molar-refractivity contribution in [2.45, 2.75) is 89.6 Å². The van der Waals surface area contributed by atoms with Crippen molar-refractivity contribution in [3.05, 3.63) is 33.4 Å². The Balaban J connectivity index is 1.34. The van der Waals surface area contributed by atoms with Crippen LogP contribution in [-0.2, 0) is 17.8 Å². The highest BCUT2D eigenvalue weighted by atomic mass is 16.2. The molecule has 31 heavy (non-hydrogen) atoms. The average Bonchev–Trinajstić information content (AvgIpc) is 3.24. The van der Waals surface area contributed by atoms with Gasteiger partial charge in [-0.2, -0.15) is 0 Å². The summed E-state index contributed by atoms with van der Waals surface area (Å²) in [6.45, 7) is 5.40. The van der Waals surface area contributed by atoms with Crippen molar-refractivity contribution in [3.8, 4) is 0 Å². The van der Waals surface area contributed by atoms with Gasteiger partial charge in [-0.25, -0.2) is 9.50 Å². The van der Waals surface area contributed by atoms with Gasteiger partial charge in [0.2, 0.25) is 5.91 Å². The molecule has 2 fully saturated rings. The van der Waals surface area contributed by atoms with E-state index in [9.17, 15) is 9.59 Å². The fourth-order valence-electron chi connectivity index (χ4n) is 5.80. The van der Waals surface area contributed by atoms with E-state index in [1.807, 2.05) is 11.8 Å². The number of nitrogens with zero attached hydrogens (tertiary/aromatic N) is 4. The number of aromatic amines is 1. The van der Waals surface area contributed by atoms with Gasteiger partial charge >= 0.3 is 0 Å². The van der Waals surface area contributed by atoms with E-state index in [0.29, 0.717) is 18.4 Å². The molecule has 0 atom stereocenters. The summed E-state index contributed by atoms with van der Waals surface area (Å²) in [7, 11) is 0. The Labute approximate surface area is 183 Å². The fraction of sp³-hybridized carbons (Fsp3) is 0.708. The molecule has 0 bridgehead atoms. The normalized spacial score (nSPS) is 21.5. The molecule has 7 nitrogen and oxygen atoms in total. The summed E-state index contributed by atoms with van der Waals surface area (Å²) in [5.41, 5.74) is 3.76. The second-order valence-corrected chi connectivity index (χ2v) is 9.66. The number of H-pyrrole nitrogens is 1. The lowest BCUT2D eigenvalue weighted by Gasteiger charge is -2.36. The van der Waals surface area contributed by atoms with E-state index < -0.39 is 0 Å². The van der Waals surface area contributed by atoms with E-state index in [1.165, 1.54) is 32.1 Å². The maximum Gasteiger partial charge on any atom is 0.277 e. The number of fused-ring (bicyclic) bond motifs is 2. The summed E-state index contributed by atoms with van der Waals surface area (Å²) in [5.74, 6) is 0.619. The highest BCUT2D eigenvalue weighted by Gasteiger charge is 2.29. The lowest BCUT2D eigenvalue weighted by Crippen LogP contribution is -2.43. The molecule has 7 heteroatoms. The van der Waals surface area contributed by atoms with Crippen molar-refractivity contribution in [2.24, 2.45) is 0 Å². The van der Waals surface area contributed by atoms with Crippen LogP contribution in [-0.4, -0.2) is 56.0 Å². The summed E-state index contributed by atoms with van der Waals surface area (Å²) in [6.07, 6.45) is 10.8. The Morgan fingerprint density at radius 2 is 1.90 bits per heavy atom. The van der Waals surface area contributed by atoms with Crippen molar-refractivity contribution >= 4 is 11.6 Å². The zero-order valence-corrected chi connectivity index (χ0v) is 18.7. The maximum absolute atomic E-state index is 13.3. The molecule has 5 rings (SSSR count). The molecule has 4 heterocycles. The Morgan fingerprint density at radius 3 is 2.65 bits per heavy atom. The van der Waals surface area contributed by atoms with Crippen LogP contribution in [0.5, 0.6) is 0 Å². The predicted octanol–water partition coefficient (Wildman–Crippen LogP) is 3.22. The van der Waals surface area contributed by atoms with Crippen LogP contribution in [0.15, 0.2) is 10.9 Å². The van der Waals surface area contributed by atoms with Gasteiger partial charge in [0, 0.05) is 62.7 Å². The van der Waals surface area contributed by atoms with Crippen LogP contribution in [0.1, 0.15) is 87.6 Å². The first-order valence-corrected chi connectivity index (χ1v) is 12.3. The largest absolute Gasteiger partial charge is 0.343 e. The van der Waals surface area contributed by atoms with Crippen molar-refractivity contribution in [3.63, 3.8) is 0 Å². The number of carbonyl (C=O) groups excluding carboxylic acids is 1. The number of likely N-dealkylation sites (tertiary alicyclic amines) is 1. The molecule has 0 spiro atoms. The topological polar surface area (TPSA) is 73.7 Å². The third-order valence-corrected chi connectivity index (χ3v) is 7.65. The van der Waals surface area contributed by atoms with Gasteiger partial charge in [-0.05, 0) is 32.1 Å². The van der Waals surface area contributed by atoms with Crippen LogP contribution in [0, 0.1) is 0 Å². The molecule has 0 unspecified atom stereocenters. The molecule has 1 aliphatic carbocycles. The van der Waals surface area contributed by atoms with Crippen molar-refractivity contribution in [1.82, 2.24) is 24.4 Å². The Hall–Kier alpha value is -2.15. The number of rotatable bonds is 4. The number of aromatic nitrogens is 3. The molecular formula is C24H35N5O2. The molecule has 1 saturated carbocycles. The van der Waals surface area contributed by atoms with Crippen molar-refractivity contribution in [1.29, 1.82) is 0 Å². The maximum atomic E-state index is 13.3. The standard InChI is InChI=1S/C24H35N5O2/c1-2-6-23(30)27-12-9-17(10-13-27)21-15-22-25-20-11-14-28(18-7-4-3-5-8-18)16-19(20)24(31)29(22)26-21/h15,17-18,26H,2-14,16H2,1H3. The van der Waals surface area contributed by atoms with Gasteiger partial charge in [0.05, 0.1) is 11.3 Å². The Kier molecular flexibility index (Phi) is 5.87. The minimum absolute atomic E-state index is 0.0716. The molecule has 2 aliphatic heterocycles. The number of carbonyl (C=O) groups is 1. The van der Waals surface area contributed by atoms with Crippen LogP contribution in [0.2, 0.25) is 0 Å². The van der Waals surface area contributed by atoms with E-state index in [0.717, 1.165) is 74.5 Å². The number of hydrogen-bond acceptors (Lipinski definition) is 4. The van der Waals surface area contributed by atoms with Gasteiger partial charge in [0.25, 0.3) is 5.56 Å². The second kappa shape index (κ2) is 8.77. The number of piperidine rings is 1. The van der Waals surface area contributed by atoms with Gasteiger partial charge in [-0.3, -0.25) is 19.6 Å². The van der Waals surface area contributed by atoms with Gasteiger partial charge in [-0.1, -0.05) is 26.2 Å². The van der Waals surface area contributed by atoms with Gasteiger partial charge in [0.15, 0.2) is 5.65 Å². The Bertz CT molecular complexity index is 995. The summed E-state index contributed by atoms with van der Waals surface area (Å²) in [4.78, 5) is 34.9. The highest BCUT2D eigenvalue weighted by Crippen LogP contribution is 2.29. The number of nitrogens with one attached hydrogen (secondary N) is 1. The first-order chi connectivity index (χ1) is 15.1. The molecule has 1 saturated heterocycles. The molecule has 2 aromatic rings. The van der Waals surface area contributed by atoms with E-state index in [-0.39, 0.29) is 11.5 Å². The van der Waals surface area contributed by atoms with Gasteiger partial charge < -0.3 is 4.90 Å². The molecule has 168 valence electrons. The quantitative estimate of drug-likeness (QED) is 0.816. The predicted molar refractivity (Wildman–Crippen MR) is 120 cm³/mol. The van der Waals surface area contributed by atoms with Crippen molar-refractivity contribution in [2.75, 3.05) is 19.6 Å². The van der Waals surface area contributed by atoms with Crippen molar-refractivity contribution < 1.29 is 4.79 Å². The average molecular weight is 426 g/mol. The highest BCUT2D eigenvalue weighted by molar-refractivity contribution is 5.76. The lowest BCUT2D eigenvalue weighted by atomic mass is 9.92. The van der Waals surface area contributed by atoms with Crippen LogP contribution in [0.25, 0.3) is 5.65 Å². The number of hydrogen-bond donors (Lipinski definition) is 1. The molecule has 0 aromatic carbocycles. The monoisotopic (exact) mass is 425 g/mol. The van der Waals surface area contributed by atoms with Gasteiger partial charge in [-0.15, -0.1) is 0 Å². The fourth-order valence-corrected chi connectivity index (χ4v) is 5.80. The molecule has 3 aliphatic rings. The third-order valence-electron chi connectivity index (χ3n) is 7.65. The zero-order chi connectivity index (χ0) is 21.4. The summed E-state index contributed by atoms with van der Waals surface area (Å²) in [6, 6.07) is 2.69. The minimum Gasteiger partial charge on any atom is -0.343 e. The van der Waals surface area contributed by atoms with Gasteiger partial charge in [0.1, 0.15) is 0 Å². The van der Waals surface area contributed by atoms with E-state index in [4.69, 9.17) is 4.98 Å². The second-order valence-electron chi connectivity index (χ2n) is 9.66. The number of amides is 1. The lowest BCUT2D eigenvalue weighted by molar-refractivity contribution is -0.132. The smallest absolute Gasteiger partial charge is 0.277 e. The summed E-state index contributed by atoms with van der Waals surface area (Å²) >= 11 is 0. The van der Waals surface area contributed by atoms with Crippen LogP contribution < -0.4 is 5.56 Å².